The van der Waals surface area contributed by atoms with E-state index < -0.39 is 0 Å². The van der Waals surface area contributed by atoms with E-state index in [1.165, 1.54) is 23.2 Å². The van der Waals surface area contributed by atoms with Crippen LogP contribution in [-0.2, 0) is 11.2 Å². The van der Waals surface area contributed by atoms with Gasteiger partial charge in [-0.3, -0.25) is 9.59 Å². The molecule has 9 heteroatoms. The summed E-state index contributed by atoms with van der Waals surface area (Å²) in [7, 11) is 1.66. The Morgan fingerprint density at radius 3 is 2.94 bits per heavy atom. The van der Waals surface area contributed by atoms with E-state index in [0.29, 0.717) is 37.6 Å². The topological polar surface area (TPSA) is 87.7 Å². The first kappa shape index (κ1) is 22.0. The number of methoxy groups -OCH3 is 1. The van der Waals surface area contributed by atoms with Crippen molar-refractivity contribution in [1.82, 2.24) is 19.8 Å². The maximum atomic E-state index is 13.3. The third kappa shape index (κ3) is 4.67. The van der Waals surface area contributed by atoms with E-state index >= 15 is 0 Å². The molecule has 0 unspecified atom stereocenters. The number of nitrogens with one attached hydrogen (secondary N) is 1. The fraction of sp³-hybridized carbons (Fsp3) is 0.391. The molecule has 0 radical (unpaired) electrons. The first-order valence-electron chi connectivity index (χ1n) is 10.7. The fourth-order valence-electron chi connectivity index (χ4n) is 3.95. The molecule has 3 heterocycles. The molecule has 1 aliphatic heterocycles. The van der Waals surface area contributed by atoms with Gasteiger partial charge in [0.1, 0.15) is 22.7 Å². The Bertz CT molecular complexity index is 1120. The van der Waals surface area contributed by atoms with E-state index in [9.17, 15) is 9.59 Å². The van der Waals surface area contributed by atoms with E-state index in [1.54, 1.807) is 12.0 Å². The lowest BCUT2D eigenvalue weighted by atomic mass is 10.1. The van der Waals surface area contributed by atoms with Gasteiger partial charge in [0.05, 0.1) is 17.4 Å². The lowest BCUT2D eigenvalue weighted by Gasteiger charge is -2.20. The number of carbonyl (C=O) groups excluding carboxylic acids is 2. The average molecular weight is 454 g/mol. The molecule has 0 aliphatic carbocycles. The first-order chi connectivity index (χ1) is 15.6. The van der Waals surface area contributed by atoms with Gasteiger partial charge >= 0.3 is 0 Å². The number of hydrogen-bond acceptors (Lipinski definition) is 7. The number of rotatable bonds is 7. The van der Waals surface area contributed by atoms with Crippen LogP contribution in [0, 0.1) is 6.92 Å². The number of thiophene rings is 1. The van der Waals surface area contributed by atoms with Crippen LogP contribution >= 0.6 is 11.3 Å². The third-order valence-corrected chi connectivity index (χ3v) is 6.92. The van der Waals surface area contributed by atoms with E-state index in [-0.39, 0.29) is 5.91 Å². The SMILES string of the molecule is COc1cccc(CCNc2ncnc3sc(C(=O)N4CCCN(C=O)CC4)c(C)c23)c1. The smallest absolute Gasteiger partial charge is 0.264 e. The molecular formula is C23H27N5O3S. The summed E-state index contributed by atoms with van der Waals surface area (Å²) in [6.45, 7) is 5.10. The minimum absolute atomic E-state index is 0.000537. The number of ether oxygens (including phenoxy) is 1. The van der Waals surface area contributed by atoms with E-state index in [0.717, 1.165) is 46.6 Å². The Balaban J connectivity index is 1.50. The van der Waals surface area contributed by atoms with Crippen LogP contribution < -0.4 is 10.1 Å². The molecule has 0 atom stereocenters. The zero-order valence-electron chi connectivity index (χ0n) is 18.3. The number of benzene rings is 1. The van der Waals surface area contributed by atoms with Crippen molar-refractivity contribution in [2.75, 3.05) is 45.2 Å². The second-order valence-corrected chi connectivity index (χ2v) is 8.77. The fourth-order valence-corrected chi connectivity index (χ4v) is 5.07. The van der Waals surface area contributed by atoms with Crippen LogP contribution in [0.15, 0.2) is 30.6 Å². The van der Waals surface area contributed by atoms with Crippen LogP contribution in [-0.4, -0.2) is 71.9 Å². The highest BCUT2D eigenvalue weighted by molar-refractivity contribution is 7.20. The number of anilines is 1. The summed E-state index contributed by atoms with van der Waals surface area (Å²) in [5.41, 5.74) is 2.07. The summed E-state index contributed by atoms with van der Waals surface area (Å²) in [6, 6.07) is 8.00. The molecule has 32 heavy (non-hydrogen) atoms. The van der Waals surface area contributed by atoms with E-state index in [4.69, 9.17) is 4.74 Å². The predicted molar refractivity (Wildman–Crippen MR) is 125 cm³/mol. The van der Waals surface area contributed by atoms with Crippen LogP contribution in [0.4, 0.5) is 5.82 Å². The van der Waals surface area contributed by atoms with Gasteiger partial charge in [-0.1, -0.05) is 12.1 Å². The van der Waals surface area contributed by atoms with Crippen LogP contribution in [0.25, 0.3) is 10.2 Å². The van der Waals surface area contributed by atoms with Crippen molar-refractivity contribution in [3.63, 3.8) is 0 Å². The second kappa shape index (κ2) is 9.95. The summed E-state index contributed by atoms with van der Waals surface area (Å²) in [6.07, 6.45) is 4.00. The Morgan fingerprint density at radius 1 is 1.25 bits per heavy atom. The largest absolute Gasteiger partial charge is 0.497 e. The van der Waals surface area contributed by atoms with Gasteiger partial charge in [-0.15, -0.1) is 11.3 Å². The molecule has 2 amide bonds. The zero-order valence-corrected chi connectivity index (χ0v) is 19.2. The molecular weight excluding hydrogens is 426 g/mol. The third-order valence-electron chi connectivity index (χ3n) is 5.73. The molecule has 8 nitrogen and oxygen atoms in total. The van der Waals surface area contributed by atoms with Crippen molar-refractivity contribution in [3.8, 4) is 5.75 Å². The van der Waals surface area contributed by atoms with Gasteiger partial charge in [-0.05, 0) is 43.0 Å². The Kier molecular flexibility index (Phi) is 6.84. The molecule has 0 spiro atoms. The highest BCUT2D eigenvalue weighted by Crippen LogP contribution is 2.34. The number of aromatic nitrogens is 2. The summed E-state index contributed by atoms with van der Waals surface area (Å²) < 4.78 is 5.29. The maximum absolute atomic E-state index is 13.3. The predicted octanol–water partition coefficient (Wildman–Crippen LogP) is 2.97. The normalized spacial score (nSPS) is 14.3. The van der Waals surface area contributed by atoms with E-state index in [2.05, 4.69) is 21.4 Å². The number of carbonyl (C=O) groups is 2. The van der Waals surface area contributed by atoms with E-state index in [1.807, 2.05) is 30.0 Å². The minimum atomic E-state index is 0.000537. The summed E-state index contributed by atoms with van der Waals surface area (Å²) >= 11 is 1.41. The second-order valence-electron chi connectivity index (χ2n) is 7.77. The molecule has 1 fully saturated rings. The highest BCUT2D eigenvalue weighted by atomic mass is 32.1. The van der Waals surface area contributed by atoms with Crippen LogP contribution in [0.3, 0.4) is 0 Å². The van der Waals surface area contributed by atoms with Gasteiger partial charge < -0.3 is 19.9 Å². The highest BCUT2D eigenvalue weighted by Gasteiger charge is 2.25. The number of amides is 2. The zero-order chi connectivity index (χ0) is 22.5. The van der Waals surface area contributed by atoms with Crippen molar-refractivity contribution < 1.29 is 14.3 Å². The number of fused-ring (bicyclic) bond motifs is 1. The van der Waals surface area contributed by atoms with Crippen molar-refractivity contribution in [1.29, 1.82) is 0 Å². The Labute approximate surface area is 191 Å². The van der Waals surface area contributed by atoms with Gasteiger partial charge in [0.2, 0.25) is 6.41 Å². The molecule has 4 rings (SSSR count). The van der Waals surface area contributed by atoms with Gasteiger partial charge in [-0.2, -0.15) is 0 Å². The monoisotopic (exact) mass is 453 g/mol. The summed E-state index contributed by atoms with van der Waals surface area (Å²) in [4.78, 5) is 38.2. The van der Waals surface area contributed by atoms with Crippen molar-refractivity contribution in [3.05, 3.63) is 46.6 Å². The van der Waals surface area contributed by atoms with Gasteiger partial charge in [0.25, 0.3) is 5.91 Å². The molecule has 0 saturated carbocycles. The van der Waals surface area contributed by atoms with Crippen molar-refractivity contribution in [2.45, 2.75) is 19.8 Å². The van der Waals surface area contributed by atoms with Crippen LogP contribution in [0.5, 0.6) is 5.75 Å². The lowest BCUT2D eigenvalue weighted by Crippen LogP contribution is -2.34. The molecule has 2 aromatic heterocycles. The number of nitrogens with zero attached hydrogens (tertiary/aromatic N) is 4. The standard InChI is InChI=1S/C23H27N5O3S/c1-16-19-21(24-8-7-17-5-3-6-18(13-17)31-2)25-14-26-22(19)32-20(16)23(30)28-10-4-9-27(15-29)11-12-28/h3,5-6,13-15H,4,7-12H2,1-2H3,(H,24,25,26). The number of hydrogen-bond donors (Lipinski definition) is 1. The summed E-state index contributed by atoms with van der Waals surface area (Å²) in [5, 5.41) is 4.31. The van der Waals surface area contributed by atoms with Crippen molar-refractivity contribution in [2.24, 2.45) is 0 Å². The minimum Gasteiger partial charge on any atom is -0.497 e. The maximum Gasteiger partial charge on any atom is 0.264 e. The quantitative estimate of drug-likeness (QED) is 0.554. The average Bonchev–Trinajstić information content (AvgIpc) is 2.99. The molecule has 1 saturated heterocycles. The van der Waals surface area contributed by atoms with Gasteiger partial charge in [0.15, 0.2) is 0 Å². The van der Waals surface area contributed by atoms with Crippen LogP contribution in [0.1, 0.15) is 27.2 Å². The lowest BCUT2D eigenvalue weighted by molar-refractivity contribution is -0.118. The molecule has 1 aliphatic rings. The van der Waals surface area contributed by atoms with Crippen LogP contribution in [0.2, 0.25) is 0 Å². The summed E-state index contributed by atoms with van der Waals surface area (Å²) in [5.74, 6) is 1.59. The van der Waals surface area contributed by atoms with Crippen molar-refractivity contribution >= 4 is 39.7 Å². The molecule has 0 bridgehead atoms. The molecule has 1 N–H and O–H groups in total. The molecule has 1 aromatic carbocycles. The number of aryl methyl sites for hydroxylation is 1. The Hall–Kier alpha value is -3.20. The molecule has 168 valence electrons. The Morgan fingerprint density at radius 2 is 2.12 bits per heavy atom. The van der Waals surface area contributed by atoms with Gasteiger partial charge in [0, 0.05) is 32.7 Å². The van der Waals surface area contributed by atoms with Gasteiger partial charge in [-0.25, -0.2) is 9.97 Å². The molecule has 3 aromatic rings. The first-order valence-corrected chi connectivity index (χ1v) is 11.5.